The normalized spacial score (nSPS) is 16.5. The van der Waals surface area contributed by atoms with Gasteiger partial charge >= 0.3 is 0 Å². The third-order valence-corrected chi connectivity index (χ3v) is 6.94. The number of aliphatic hydroxyl groups is 1. The Kier molecular flexibility index (Phi) is 8.71. The van der Waals surface area contributed by atoms with Crippen molar-refractivity contribution in [2.45, 2.75) is 43.9 Å². The molecule has 2 atom stereocenters. The van der Waals surface area contributed by atoms with Gasteiger partial charge in [0.1, 0.15) is 6.29 Å². The van der Waals surface area contributed by atoms with E-state index in [1.807, 2.05) is 18.2 Å². The van der Waals surface area contributed by atoms with Crippen LogP contribution in [0.3, 0.4) is 0 Å². The largest absolute Gasteiger partial charge is 0.400 e. The highest BCUT2D eigenvalue weighted by Gasteiger charge is 2.27. The smallest absolute Gasteiger partial charge is 0.124 e. The molecule has 5 heteroatoms. The minimum Gasteiger partial charge on any atom is -0.400 e. The van der Waals surface area contributed by atoms with Crippen molar-refractivity contribution in [1.29, 1.82) is 0 Å². The van der Waals surface area contributed by atoms with Gasteiger partial charge in [-0.2, -0.15) is 3.89 Å². The van der Waals surface area contributed by atoms with Crippen molar-refractivity contribution in [3.8, 4) is 0 Å². The average molecular weight is 454 g/mol. The lowest BCUT2D eigenvalue weighted by atomic mass is 9.86. The van der Waals surface area contributed by atoms with Crippen LogP contribution in [-0.4, -0.2) is 31.6 Å². The van der Waals surface area contributed by atoms with E-state index in [0.717, 1.165) is 50.6 Å². The zero-order valence-electron chi connectivity index (χ0n) is 19.1. The number of fused-ring (bicyclic) bond motifs is 1. The number of halogens is 1. The molecule has 3 aromatic rings. The minimum atomic E-state index is 0.279. The molecule has 1 N–H and O–H groups in total. The summed E-state index contributed by atoms with van der Waals surface area (Å²) in [6, 6.07) is 18.9. The van der Waals surface area contributed by atoms with Crippen LogP contribution >= 0.6 is 12.1 Å². The molecular weight excluding hydrogens is 421 g/mol. The van der Waals surface area contributed by atoms with Crippen LogP contribution in [0, 0.1) is 12.8 Å². The number of nitrogens with zero attached hydrogens (tertiary/aromatic N) is 1. The van der Waals surface area contributed by atoms with E-state index in [0.29, 0.717) is 23.2 Å². The second kappa shape index (κ2) is 11.5. The molecule has 0 amide bonds. The van der Waals surface area contributed by atoms with E-state index >= 15 is 0 Å². The zero-order chi connectivity index (χ0) is 23.1. The van der Waals surface area contributed by atoms with Crippen LogP contribution in [0.2, 0.25) is 0 Å². The first-order valence-corrected chi connectivity index (χ1v) is 11.9. The second-order valence-electron chi connectivity index (χ2n) is 8.50. The molecule has 3 nitrogen and oxygen atoms in total. The summed E-state index contributed by atoms with van der Waals surface area (Å²) in [5.74, 6) is 1.07. The molecular formula is C27H32FNO2S. The summed E-state index contributed by atoms with van der Waals surface area (Å²) in [4.78, 5) is 13.7. The van der Waals surface area contributed by atoms with Crippen LogP contribution in [0.25, 0.3) is 10.8 Å². The monoisotopic (exact) mass is 453 g/mol. The molecule has 0 aliphatic carbocycles. The number of hydrogen-bond acceptors (Lipinski definition) is 4. The molecule has 0 aromatic heterocycles. The summed E-state index contributed by atoms with van der Waals surface area (Å²) >= 11 is 0.279. The molecule has 4 rings (SSSR count). The predicted molar refractivity (Wildman–Crippen MR) is 133 cm³/mol. The van der Waals surface area contributed by atoms with Gasteiger partial charge in [-0.3, -0.25) is 0 Å². The van der Waals surface area contributed by atoms with Gasteiger partial charge in [0, 0.05) is 26.6 Å². The maximum atomic E-state index is 13.6. The minimum absolute atomic E-state index is 0.279. The number of carbonyl (C=O) groups is 1. The Morgan fingerprint density at radius 1 is 1.16 bits per heavy atom. The van der Waals surface area contributed by atoms with Crippen molar-refractivity contribution in [2.24, 2.45) is 5.92 Å². The Morgan fingerprint density at radius 2 is 1.91 bits per heavy atom. The molecule has 0 bridgehead atoms. The fourth-order valence-electron chi connectivity index (χ4n) is 4.88. The number of aliphatic hydroxyl groups excluding tert-OH is 1. The molecule has 1 aliphatic heterocycles. The van der Waals surface area contributed by atoms with Gasteiger partial charge in [-0.15, -0.1) is 0 Å². The second-order valence-corrected chi connectivity index (χ2v) is 9.10. The number of aldehydes is 1. The highest BCUT2D eigenvalue weighted by molar-refractivity contribution is 7.94. The van der Waals surface area contributed by atoms with E-state index in [1.54, 1.807) is 0 Å². The Labute approximate surface area is 194 Å². The van der Waals surface area contributed by atoms with E-state index in [1.165, 1.54) is 21.9 Å². The Hall–Kier alpha value is -2.37. The summed E-state index contributed by atoms with van der Waals surface area (Å²) in [6.45, 7) is 6.41. The highest BCUT2D eigenvalue weighted by Crippen LogP contribution is 2.38. The van der Waals surface area contributed by atoms with Crippen molar-refractivity contribution >= 4 is 34.9 Å². The molecule has 1 aliphatic rings. The van der Waals surface area contributed by atoms with Crippen LogP contribution in [0.5, 0.6) is 0 Å². The van der Waals surface area contributed by atoms with E-state index < -0.39 is 0 Å². The molecule has 0 spiro atoms. The Balaban J connectivity index is 0.00000141. The standard InChI is InChI=1S/C26H28FNOS.CH4O/c1-18-7-9-23(24-6-4-3-5-22(18)24)19(2)15-21-11-13-28(17-21)25-10-8-20(12-14-29)16-26(25)30-27;1-2/h3-10,14,16,19,21H,11-13,15,17H2,1-2H3;2H,1H3. The lowest BCUT2D eigenvalue weighted by Crippen LogP contribution is -2.20. The third kappa shape index (κ3) is 5.33. The Bertz CT molecular complexity index is 1060. The van der Waals surface area contributed by atoms with Gasteiger partial charge < -0.3 is 14.8 Å². The van der Waals surface area contributed by atoms with Gasteiger partial charge in [0.25, 0.3) is 0 Å². The SMILES string of the molecule is CO.Cc1ccc(C(C)CC2CCN(c3ccc(CC=O)cc3SF)C2)c2ccccc12. The number of aryl methyl sites for hydroxylation is 1. The highest BCUT2D eigenvalue weighted by atomic mass is 32.2. The number of benzene rings is 3. The molecule has 0 saturated carbocycles. The van der Waals surface area contributed by atoms with E-state index in [2.05, 4.69) is 55.1 Å². The average Bonchev–Trinajstić information content (AvgIpc) is 3.29. The molecule has 1 fully saturated rings. The van der Waals surface area contributed by atoms with Crippen molar-refractivity contribution in [2.75, 3.05) is 25.1 Å². The fourth-order valence-corrected chi connectivity index (χ4v) is 5.35. The Morgan fingerprint density at radius 3 is 2.62 bits per heavy atom. The molecule has 2 unspecified atom stereocenters. The van der Waals surface area contributed by atoms with Gasteiger partial charge in [-0.1, -0.05) is 49.4 Å². The summed E-state index contributed by atoms with van der Waals surface area (Å²) in [7, 11) is 1.00. The lowest BCUT2D eigenvalue weighted by molar-refractivity contribution is -0.107. The maximum Gasteiger partial charge on any atom is 0.124 e. The summed E-state index contributed by atoms with van der Waals surface area (Å²) in [5.41, 5.74) is 4.56. The molecule has 170 valence electrons. The fraction of sp³-hybridized carbons (Fsp3) is 0.370. The van der Waals surface area contributed by atoms with Crippen LogP contribution in [0.4, 0.5) is 9.57 Å². The van der Waals surface area contributed by atoms with Crippen LogP contribution < -0.4 is 4.90 Å². The number of rotatable bonds is 7. The van der Waals surface area contributed by atoms with Gasteiger partial charge in [0.15, 0.2) is 0 Å². The first kappa shape index (κ1) is 24.3. The van der Waals surface area contributed by atoms with Gasteiger partial charge in [-0.25, -0.2) is 0 Å². The van der Waals surface area contributed by atoms with Crippen LogP contribution in [0.15, 0.2) is 59.5 Å². The van der Waals surface area contributed by atoms with Crippen molar-refractivity contribution in [3.63, 3.8) is 0 Å². The lowest BCUT2D eigenvalue weighted by Gasteiger charge is -2.23. The molecule has 1 heterocycles. The third-order valence-electron chi connectivity index (χ3n) is 6.45. The van der Waals surface area contributed by atoms with Gasteiger partial charge in [0.05, 0.1) is 22.7 Å². The first-order chi connectivity index (χ1) is 15.6. The molecule has 32 heavy (non-hydrogen) atoms. The van der Waals surface area contributed by atoms with Gasteiger partial charge in [0.2, 0.25) is 0 Å². The number of carbonyl (C=O) groups excluding carboxylic acids is 1. The number of anilines is 1. The summed E-state index contributed by atoms with van der Waals surface area (Å²) < 4.78 is 13.6. The van der Waals surface area contributed by atoms with E-state index in [4.69, 9.17) is 5.11 Å². The predicted octanol–water partition coefficient (Wildman–Crippen LogP) is 6.49. The first-order valence-electron chi connectivity index (χ1n) is 11.1. The maximum absolute atomic E-state index is 13.6. The van der Waals surface area contributed by atoms with Gasteiger partial charge in [-0.05, 0) is 71.2 Å². The number of hydrogen-bond donors (Lipinski definition) is 1. The topological polar surface area (TPSA) is 40.5 Å². The van der Waals surface area contributed by atoms with Crippen molar-refractivity contribution < 1.29 is 13.8 Å². The molecule has 3 aromatic carbocycles. The van der Waals surface area contributed by atoms with Crippen molar-refractivity contribution in [1.82, 2.24) is 0 Å². The van der Waals surface area contributed by atoms with E-state index in [9.17, 15) is 8.68 Å². The van der Waals surface area contributed by atoms with Crippen LogP contribution in [-0.2, 0) is 11.2 Å². The zero-order valence-corrected chi connectivity index (χ0v) is 19.9. The van der Waals surface area contributed by atoms with E-state index in [-0.39, 0.29) is 12.1 Å². The summed E-state index contributed by atoms with van der Waals surface area (Å²) in [6.07, 6.45) is 3.45. The molecule has 0 radical (unpaired) electrons. The summed E-state index contributed by atoms with van der Waals surface area (Å²) in [5, 5.41) is 9.71. The molecule has 1 saturated heterocycles. The quantitative estimate of drug-likeness (QED) is 0.415. The van der Waals surface area contributed by atoms with Crippen molar-refractivity contribution in [3.05, 3.63) is 71.3 Å². The van der Waals surface area contributed by atoms with Crippen LogP contribution in [0.1, 0.15) is 42.4 Å².